The number of nitrogens with zero attached hydrogens (tertiary/aromatic N) is 2. The Morgan fingerprint density at radius 1 is 0.964 bits per heavy atom. The molecule has 0 saturated carbocycles. The first-order valence-corrected chi connectivity index (χ1v) is 11.8. The fourth-order valence-electron chi connectivity index (χ4n) is 7.16. The van der Waals surface area contributed by atoms with Crippen molar-refractivity contribution < 1.29 is 4.42 Å². The molecule has 1 aromatic rings. The third-order valence-electron chi connectivity index (χ3n) is 8.27. The van der Waals surface area contributed by atoms with Gasteiger partial charge in [0.15, 0.2) is 0 Å². The molecule has 6 aliphatic rings. The van der Waals surface area contributed by atoms with Crippen LogP contribution in [0.25, 0.3) is 0 Å². The lowest BCUT2D eigenvalue weighted by molar-refractivity contribution is 0.0368. The van der Waals surface area contributed by atoms with Gasteiger partial charge in [0.05, 0.1) is 6.04 Å². The van der Waals surface area contributed by atoms with Gasteiger partial charge in [0.2, 0.25) is 0 Å². The van der Waals surface area contributed by atoms with Crippen molar-refractivity contribution >= 4 is 0 Å². The Kier molecular flexibility index (Phi) is 4.31. The molecule has 6 heterocycles. The minimum atomic E-state index is 0.385. The predicted molar refractivity (Wildman–Crippen MR) is 112 cm³/mol. The number of piperidine rings is 1. The Hall–Kier alpha value is -1.32. The molecule has 1 spiro atoms. The summed E-state index contributed by atoms with van der Waals surface area (Å²) < 4.78 is 6.66. The Labute approximate surface area is 169 Å². The topological polar surface area (TPSA) is 19.6 Å². The monoisotopic (exact) mass is 378 g/mol. The summed E-state index contributed by atoms with van der Waals surface area (Å²) in [6.07, 6.45) is 21.0. The van der Waals surface area contributed by atoms with Crippen molar-refractivity contribution in [3.05, 3.63) is 47.5 Å². The highest BCUT2D eigenvalue weighted by Crippen LogP contribution is 2.67. The minimum absolute atomic E-state index is 0.385. The predicted octanol–water partition coefficient (Wildman–Crippen LogP) is 5.21. The molecule has 6 bridgehead atoms. The van der Waals surface area contributed by atoms with Crippen molar-refractivity contribution in [1.29, 1.82) is 0 Å². The molecule has 0 amide bonds. The first kappa shape index (κ1) is 17.5. The van der Waals surface area contributed by atoms with Crippen LogP contribution in [0.2, 0.25) is 0 Å². The highest BCUT2D eigenvalue weighted by molar-refractivity contribution is 5.42. The summed E-state index contributed by atoms with van der Waals surface area (Å²) in [6, 6.07) is 3.60. The summed E-state index contributed by atoms with van der Waals surface area (Å²) in [5.74, 6) is 3.30. The zero-order chi connectivity index (χ0) is 18.6. The molecule has 5 aliphatic heterocycles. The van der Waals surface area contributed by atoms with Gasteiger partial charge in [-0.3, -0.25) is 4.90 Å². The third-order valence-corrected chi connectivity index (χ3v) is 8.27. The zero-order valence-corrected chi connectivity index (χ0v) is 17.1. The van der Waals surface area contributed by atoms with Crippen molar-refractivity contribution in [1.82, 2.24) is 9.80 Å². The van der Waals surface area contributed by atoms with Crippen molar-refractivity contribution in [2.75, 3.05) is 26.2 Å². The van der Waals surface area contributed by atoms with Crippen LogP contribution in [0, 0.1) is 5.41 Å². The van der Waals surface area contributed by atoms with Crippen molar-refractivity contribution in [2.24, 2.45) is 5.41 Å². The van der Waals surface area contributed by atoms with E-state index in [-0.39, 0.29) is 0 Å². The van der Waals surface area contributed by atoms with E-state index in [9.17, 15) is 0 Å². The van der Waals surface area contributed by atoms with Gasteiger partial charge in [-0.15, -0.1) is 0 Å². The van der Waals surface area contributed by atoms with Crippen molar-refractivity contribution in [3.8, 4) is 0 Å². The van der Waals surface area contributed by atoms with E-state index >= 15 is 0 Å². The van der Waals surface area contributed by atoms with Gasteiger partial charge in [0.25, 0.3) is 0 Å². The van der Waals surface area contributed by atoms with Gasteiger partial charge in [-0.1, -0.05) is 24.3 Å². The Balaban J connectivity index is 1.43. The standard InChI is InChI=1S/C25H34N2O/c1-2-4-8-13-26-15-12-22-21-16-20(11-7-3-1)28-23(21)24-25(22,18-26)17-19-10-6-5-9-14-27(19)24/h1,3,6,10,16,19,22,24H,2,4-5,7-9,11-15,17-18H2/b3-1-/t19-,22-,24-,25-/m0/s1. The molecule has 0 radical (unpaired) electrons. The largest absolute Gasteiger partial charge is 0.464 e. The molecule has 3 nitrogen and oxygen atoms in total. The van der Waals surface area contributed by atoms with Gasteiger partial charge in [-0.2, -0.15) is 0 Å². The normalized spacial score (nSPS) is 41.3. The maximum atomic E-state index is 6.66. The molecule has 1 unspecified atom stereocenters. The number of hydrogen-bond acceptors (Lipinski definition) is 3. The maximum Gasteiger partial charge on any atom is 0.125 e. The lowest BCUT2D eigenvalue weighted by atomic mass is 9.68. The van der Waals surface area contributed by atoms with E-state index in [0.717, 1.165) is 12.8 Å². The lowest BCUT2D eigenvalue weighted by Gasteiger charge is -2.45. The van der Waals surface area contributed by atoms with Crippen LogP contribution in [0.5, 0.6) is 0 Å². The molecule has 2 saturated heterocycles. The van der Waals surface area contributed by atoms with Crippen LogP contribution < -0.4 is 0 Å². The molecule has 28 heavy (non-hydrogen) atoms. The molecule has 2 fully saturated rings. The number of rotatable bonds is 0. The van der Waals surface area contributed by atoms with E-state index in [1.807, 2.05) is 0 Å². The van der Waals surface area contributed by atoms with Gasteiger partial charge in [0.1, 0.15) is 11.5 Å². The fourth-order valence-corrected chi connectivity index (χ4v) is 7.16. The van der Waals surface area contributed by atoms with Gasteiger partial charge in [-0.25, -0.2) is 0 Å². The van der Waals surface area contributed by atoms with E-state index < -0.39 is 0 Å². The van der Waals surface area contributed by atoms with E-state index in [0.29, 0.717) is 23.4 Å². The second-order valence-corrected chi connectivity index (χ2v) is 9.87. The van der Waals surface area contributed by atoms with E-state index in [4.69, 9.17) is 4.42 Å². The molecule has 7 rings (SSSR count). The van der Waals surface area contributed by atoms with Gasteiger partial charge in [0, 0.05) is 24.4 Å². The second-order valence-electron chi connectivity index (χ2n) is 9.87. The van der Waals surface area contributed by atoms with Crippen LogP contribution in [0.1, 0.15) is 80.4 Å². The average Bonchev–Trinajstić information content (AvgIpc) is 3.21. The quantitative estimate of drug-likeness (QED) is 0.578. The summed E-state index contributed by atoms with van der Waals surface area (Å²) in [6.45, 7) is 5.06. The summed E-state index contributed by atoms with van der Waals surface area (Å²) in [4.78, 5) is 5.63. The first-order chi connectivity index (χ1) is 13.9. The number of aryl methyl sites for hydroxylation is 1. The Morgan fingerprint density at radius 3 is 2.89 bits per heavy atom. The SMILES string of the molecule is C1=C[C@H]2C[C@@]34CN5CCCC/C=C\CCc6cc(c(o6)[C@@H]3N2CCC1)[C@@H]4CC5. The molecule has 0 N–H and O–H groups in total. The number of furan rings is 1. The Morgan fingerprint density at radius 2 is 1.89 bits per heavy atom. The van der Waals surface area contributed by atoms with Crippen LogP contribution >= 0.6 is 0 Å². The third kappa shape index (κ3) is 2.62. The van der Waals surface area contributed by atoms with Crippen LogP contribution in [-0.4, -0.2) is 42.0 Å². The van der Waals surface area contributed by atoms with E-state index in [2.05, 4.69) is 40.2 Å². The minimum Gasteiger partial charge on any atom is -0.464 e. The summed E-state index contributed by atoms with van der Waals surface area (Å²) in [5, 5.41) is 0. The molecule has 150 valence electrons. The van der Waals surface area contributed by atoms with Crippen molar-refractivity contribution in [2.45, 2.75) is 75.8 Å². The number of fused-ring (bicyclic) bond motifs is 8. The summed E-state index contributed by atoms with van der Waals surface area (Å²) in [5.41, 5.74) is 1.97. The second kappa shape index (κ2) is 6.88. The van der Waals surface area contributed by atoms with Gasteiger partial charge < -0.3 is 9.32 Å². The molecule has 1 aliphatic carbocycles. The van der Waals surface area contributed by atoms with Gasteiger partial charge in [-0.05, 0) is 88.5 Å². The summed E-state index contributed by atoms with van der Waals surface area (Å²) in [7, 11) is 0. The van der Waals surface area contributed by atoms with E-state index in [1.54, 1.807) is 5.56 Å². The smallest absolute Gasteiger partial charge is 0.125 e. The molecule has 0 aromatic carbocycles. The number of allylic oxidation sites excluding steroid dienone is 3. The van der Waals surface area contributed by atoms with Gasteiger partial charge >= 0.3 is 0 Å². The van der Waals surface area contributed by atoms with E-state index in [1.165, 1.54) is 82.6 Å². The fraction of sp³-hybridized carbons (Fsp3) is 0.680. The van der Waals surface area contributed by atoms with Crippen LogP contribution in [0.15, 0.2) is 34.8 Å². The molecular weight excluding hydrogens is 344 g/mol. The molecular formula is C25H34N2O. The number of hydrogen-bond donors (Lipinski definition) is 0. The highest BCUT2D eigenvalue weighted by Gasteiger charge is 2.64. The lowest BCUT2D eigenvalue weighted by Crippen LogP contribution is -2.47. The zero-order valence-electron chi connectivity index (χ0n) is 17.1. The first-order valence-electron chi connectivity index (χ1n) is 11.8. The van der Waals surface area contributed by atoms with Crippen molar-refractivity contribution in [3.63, 3.8) is 0 Å². The summed E-state index contributed by atoms with van der Waals surface area (Å²) >= 11 is 0. The van der Waals surface area contributed by atoms with Crippen LogP contribution in [0.4, 0.5) is 0 Å². The Bertz CT molecular complexity index is 792. The van der Waals surface area contributed by atoms with Crippen LogP contribution in [0.3, 0.4) is 0 Å². The maximum absolute atomic E-state index is 6.66. The molecule has 5 atom stereocenters. The highest BCUT2D eigenvalue weighted by atomic mass is 16.3. The molecule has 1 aromatic heterocycles. The van der Waals surface area contributed by atoms with Crippen LogP contribution in [-0.2, 0) is 6.42 Å². The average molecular weight is 379 g/mol. The molecule has 3 heteroatoms.